The van der Waals surface area contributed by atoms with E-state index >= 15 is 0 Å². The molecule has 3 fully saturated rings. The fourth-order valence-corrected chi connectivity index (χ4v) is 10.7. The number of methoxy groups -OCH3 is 1. The molecule has 5 aliphatic rings. The van der Waals surface area contributed by atoms with Gasteiger partial charge in [0.05, 0.1) is 35.8 Å². The number of piperazine rings is 1. The molecule has 286 valence electrons. The number of halogens is 1. The van der Waals surface area contributed by atoms with Crippen LogP contribution in [0.4, 0.5) is 5.69 Å². The Labute approximate surface area is 315 Å². The normalized spacial score (nSPS) is 31.1. The van der Waals surface area contributed by atoms with Gasteiger partial charge in [0, 0.05) is 63.5 Å². The van der Waals surface area contributed by atoms with E-state index in [-0.39, 0.29) is 11.5 Å². The van der Waals surface area contributed by atoms with Gasteiger partial charge < -0.3 is 19.1 Å². The van der Waals surface area contributed by atoms with Crippen molar-refractivity contribution in [1.82, 2.24) is 14.5 Å². The standard InChI is InChI=1S/C40H57ClN4O6S/c1-28-7-6-15-40(49-3,27-43-17-19-44(20-18-43)35-25-50-26-35)36-13-10-32(36)23-45-16-5-4-8-30-21-34(41)12-9-33(30)24-51-38-14-11-31(22-37(38)45)39(46)42-52(47,48)29(28)2/h9,11-12,14,21-22,28-29,32,35-36H,4-8,10,13,15-20,23-27H2,1-3H3,(H,42,46)/t28-,29+,32-,36+,40-/m0/s1. The number of nitrogens with one attached hydrogen (secondary N) is 1. The zero-order chi connectivity index (χ0) is 36.5. The Kier molecular flexibility index (Phi) is 11.8. The molecule has 4 heterocycles. The molecule has 0 unspecified atom stereocenters. The Bertz CT molecular complexity index is 1680. The monoisotopic (exact) mass is 756 g/mol. The molecule has 1 aliphatic carbocycles. The summed E-state index contributed by atoms with van der Waals surface area (Å²) in [5.74, 6) is 0.721. The van der Waals surface area contributed by atoms with Gasteiger partial charge in [-0.2, -0.15) is 0 Å². The van der Waals surface area contributed by atoms with Crippen molar-refractivity contribution in [3.63, 3.8) is 0 Å². The molecule has 0 radical (unpaired) electrons. The number of amides is 1. The van der Waals surface area contributed by atoms with E-state index in [4.69, 9.17) is 25.8 Å². The van der Waals surface area contributed by atoms with E-state index in [1.165, 1.54) is 5.56 Å². The van der Waals surface area contributed by atoms with Crippen LogP contribution in [0.3, 0.4) is 0 Å². The lowest BCUT2D eigenvalue weighted by Gasteiger charge is -2.53. The molecule has 2 saturated heterocycles. The molecule has 0 aromatic heterocycles. The summed E-state index contributed by atoms with van der Waals surface area (Å²) in [4.78, 5) is 21.2. The van der Waals surface area contributed by atoms with Crippen molar-refractivity contribution in [2.45, 2.75) is 88.7 Å². The number of aryl methyl sites for hydroxylation is 1. The third kappa shape index (κ3) is 8.15. The van der Waals surface area contributed by atoms with Crippen molar-refractivity contribution >= 4 is 33.2 Å². The first-order chi connectivity index (χ1) is 25.0. The molecule has 5 atom stereocenters. The number of nitrogens with zero attached hydrogens (tertiary/aromatic N) is 3. The number of sulfonamides is 1. The van der Waals surface area contributed by atoms with Crippen molar-refractivity contribution in [3.05, 3.63) is 58.1 Å². The summed E-state index contributed by atoms with van der Waals surface area (Å²) in [6.07, 6.45) is 7.54. The highest BCUT2D eigenvalue weighted by Crippen LogP contribution is 2.48. The zero-order valence-electron chi connectivity index (χ0n) is 31.2. The second-order valence-electron chi connectivity index (χ2n) is 16.1. The van der Waals surface area contributed by atoms with Gasteiger partial charge >= 0.3 is 0 Å². The van der Waals surface area contributed by atoms with Crippen LogP contribution in [-0.2, 0) is 32.5 Å². The maximum atomic E-state index is 13.6. The van der Waals surface area contributed by atoms with Crippen LogP contribution < -0.4 is 14.4 Å². The van der Waals surface area contributed by atoms with Gasteiger partial charge in [-0.15, -0.1) is 0 Å². The average Bonchev–Trinajstić information content (AvgIpc) is 3.12. The number of benzene rings is 2. The molecule has 4 aliphatic heterocycles. The number of anilines is 1. The third-order valence-corrected chi connectivity index (χ3v) is 15.2. The summed E-state index contributed by atoms with van der Waals surface area (Å²) in [5.41, 5.74) is 3.10. The van der Waals surface area contributed by atoms with Gasteiger partial charge in [0.1, 0.15) is 12.4 Å². The molecular formula is C40H57ClN4O6S. The quantitative estimate of drug-likeness (QED) is 0.418. The molecular weight excluding hydrogens is 700 g/mol. The number of fused-ring (bicyclic) bond motifs is 3. The van der Waals surface area contributed by atoms with Crippen molar-refractivity contribution < 1.29 is 27.4 Å². The Morgan fingerprint density at radius 1 is 0.962 bits per heavy atom. The first-order valence-electron chi connectivity index (χ1n) is 19.5. The van der Waals surface area contributed by atoms with E-state index in [0.717, 1.165) is 127 Å². The van der Waals surface area contributed by atoms with E-state index in [2.05, 4.69) is 19.4 Å². The van der Waals surface area contributed by atoms with E-state index in [1.54, 1.807) is 13.0 Å². The van der Waals surface area contributed by atoms with Gasteiger partial charge in [0.15, 0.2) is 0 Å². The molecule has 52 heavy (non-hydrogen) atoms. The predicted molar refractivity (Wildman–Crippen MR) is 205 cm³/mol. The summed E-state index contributed by atoms with van der Waals surface area (Å²) in [6.45, 7) is 12.4. The predicted octanol–water partition coefficient (Wildman–Crippen LogP) is 5.76. The molecule has 1 N–H and O–H groups in total. The highest BCUT2D eigenvalue weighted by atomic mass is 35.5. The van der Waals surface area contributed by atoms with Crippen molar-refractivity contribution in [2.75, 3.05) is 71.0 Å². The zero-order valence-corrected chi connectivity index (χ0v) is 32.7. The number of hydrogen-bond donors (Lipinski definition) is 1. The molecule has 2 aromatic carbocycles. The number of ether oxygens (including phenoxy) is 3. The molecule has 10 nitrogen and oxygen atoms in total. The Hall–Kier alpha value is -2.41. The van der Waals surface area contributed by atoms with Gasteiger partial charge in [-0.05, 0) is 111 Å². The minimum Gasteiger partial charge on any atom is -0.487 e. The topological polar surface area (TPSA) is 101 Å². The van der Waals surface area contributed by atoms with Crippen LogP contribution in [0.1, 0.15) is 80.3 Å². The summed E-state index contributed by atoms with van der Waals surface area (Å²) >= 11 is 6.41. The number of carbonyl (C=O) groups is 1. The van der Waals surface area contributed by atoms with Gasteiger partial charge in [-0.25, -0.2) is 13.1 Å². The second-order valence-corrected chi connectivity index (χ2v) is 18.5. The van der Waals surface area contributed by atoms with Crippen LogP contribution in [0.2, 0.25) is 5.02 Å². The maximum absolute atomic E-state index is 13.6. The van der Waals surface area contributed by atoms with E-state index < -0.39 is 21.2 Å². The van der Waals surface area contributed by atoms with E-state index in [0.29, 0.717) is 35.8 Å². The summed E-state index contributed by atoms with van der Waals surface area (Å²) in [7, 11) is -2.02. The lowest BCUT2D eigenvalue weighted by molar-refractivity contribution is -0.137. The van der Waals surface area contributed by atoms with Gasteiger partial charge in [0.25, 0.3) is 5.91 Å². The van der Waals surface area contributed by atoms with Crippen molar-refractivity contribution in [3.8, 4) is 5.75 Å². The third-order valence-electron chi connectivity index (χ3n) is 13.0. The highest BCUT2D eigenvalue weighted by molar-refractivity contribution is 7.90. The smallest absolute Gasteiger partial charge is 0.264 e. The van der Waals surface area contributed by atoms with Gasteiger partial charge in [-0.3, -0.25) is 14.6 Å². The van der Waals surface area contributed by atoms with Crippen molar-refractivity contribution in [1.29, 1.82) is 0 Å². The fraction of sp³-hybridized carbons (Fsp3) is 0.675. The number of carbonyl (C=O) groups excluding carboxylic acids is 1. The van der Waals surface area contributed by atoms with Crippen molar-refractivity contribution in [2.24, 2.45) is 17.8 Å². The summed E-state index contributed by atoms with van der Waals surface area (Å²) < 4.78 is 48.4. The molecule has 12 heteroatoms. The molecule has 2 bridgehead atoms. The van der Waals surface area contributed by atoms with Gasteiger partial charge in [-0.1, -0.05) is 31.0 Å². The van der Waals surface area contributed by atoms with Crippen LogP contribution in [0.15, 0.2) is 36.4 Å². The number of hydrogen-bond acceptors (Lipinski definition) is 9. The molecule has 1 amide bonds. The lowest BCUT2D eigenvalue weighted by atomic mass is 9.62. The maximum Gasteiger partial charge on any atom is 0.264 e. The Balaban J connectivity index is 1.21. The molecule has 7 rings (SSSR count). The second kappa shape index (κ2) is 16.1. The first-order valence-corrected chi connectivity index (χ1v) is 21.4. The Morgan fingerprint density at radius 3 is 2.48 bits per heavy atom. The van der Waals surface area contributed by atoms with Crippen LogP contribution in [-0.4, -0.2) is 107 Å². The van der Waals surface area contributed by atoms with Gasteiger partial charge in [0.2, 0.25) is 10.0 Å². The van der Waals surface area contributed by atoms with Crippen LogP contribution >= 0.6 is 11.6 Å². The minimum absolute atomic E-state index is 0.132. The molecule has 1 saturated carbocycles. The van der Waals surface area contributed by atoms with E-state index in [9.17, 15) is 13.2 Å². The molecule has 0 spiro atoms. The van der Waals surface area contributed by atoms with Crippen LogP contribution in [0.25, 0.3) is 0 Å². The van der Waals surface area contributed by atoms with Crippen LogP contribution in [0.5, 0.6) is 5.75 Å². The minimum atomic E-state index is -3.92. The summed E-state index contributed by atoms with van der Waals surface area (Å²) in [5, 5.41) is -0.00325. The summed E-state index contributed by atoms with van der Waals surface area (Å²) in [6, 6.07) is 11.9. The SMILES string of the molecule is CO[C@]1(CN2CCN(C3COC3)CC2)CCC[C@H](C)[C@@H](C)S(=O)(=O)NC(=O)c2ccc3c(c2)N(CCCCc2cc(Cl)ccc2CO3)C[C@@H]2CC[C@H]21. The Morgan fingerprint density at radius 2 is 1.77 bits per heavy atom. The lowest BCUT2D eigenvalue weighted by Crippen LogP contribution is -2.61. The largest absolute Gasteiger partial charge is 0.487 e. The molecule has 2 aromatic rings. The first kappa shape index (κ1) is 37.9. The fourth-order valence-electron chi connectivity index (χ4n) is 9.19. The van der Waals surface area contributed by atoms with Crippen LogP contribution in [0, 0.1) is 17.8 Å². The average molecular weight is 757 g/mol. The van der Waals surface area contributed by atoms with E-state index in [1.807, 2.05) is 44.4 Å². The number of rotatable bonds is 4. The highest BCUT2D eigenvalue weighted by Gasteiger charge is 2.49.